The van der Waals surface area contributed by atoms with Gasteiger partial charge in [0.2, 0.25) is 0 Å². The number of halogens is 14. The van der Waals surface area contributed by atoms with Crippen LogP contribution in [-0.4, -0.2) is 49.8 Å². The van der Waals surface area contributed by atoms with Crippen LogP contribution < -0.4 is 0 Å². The molecule has 0 fully saturated rings. The monoisotopic (exact) mass is 446 g/mol. The van der Waals surface area contributed by atoms with Crippen LogP contribution >= 0.6 is 0 Å². The van der Waals surface area contributed by atoms with Crippen molar-refractivity contribution in [2.24, 2.45) is 0 Å². The van der Waals surface area contributed by atoms with E-state index in [1.807, 2.05) is 0 Å². The van der Waals surface area contributed by atoms with Gasteiger partial charge in [0, 0.05) is 0 Å². The zero-order valence-corrected chi connectivity index (χ0v) is 11.6. The fourth-order valence-electron chi connectivity index (χ4n) is 0.875. The van der Waals surface area contributed by atoms with Crippen molar-refractivity contribution < 1.29 is 78.9 Å². The molecule has 0 aromatic carbocycles. The standard InChI is InChI=1S/C7F14O4S/c8-1(22)2(9,10)7(20,21)26(23,24)25-6(18,19)4(13,14)3(11,12)5(15,16)17. The van der Waals surface area contributed by atoms with Gasteiger partial charge in [-0.2, -0.15) is 74.1 Å². The Hall–Kier alpha value is -1.40. The number of carbonyl (C=O) groups is 1. The summed E-state index contributed by atoms with van der Waals surface area (Å²) in [5.74, 6) is -22.8. The zero-order valence-electron chi connectivity index (χ0n) is 10.8. The normalized spacial score (nSPS) is 15.9. The Morgan fingerprint density at radius 1 is 0.692 bits per heavy atom. The molecular weight excluding hydrogens is 446 g/mol. The van der Waals surface area contributed by atoms with E-state index in [1.165, 1.54) is 4.18 Å². The third kappa shape index (κ3) is 3.41. The molecule has 0 unspecified atom stereocenters. The van der Waals surface area contributed by atoms with Gasteiger partial charge >= 0.3 is 51.5 Å². The first-order valence-electron chi connectivity index (χ1n) is 5.01. The molecule has 26 heavy (non-hydrogen) atoms. The second kappa shape index (κ2) is 6.06. The van der Waals surface area contributed by atoms with Crippen LogP contribution in [0.3, 0.4) is 0 Å². The molecule has 0 aliphatic heterocycles. The van der Waals surface area contributed by atoms with E-state index in [9.17, 15) is 74.7 Å². The van der Waals surface area contributed by atoms with Crippen molar-refractivity contribution in [1.82, 2.24) is 0 Å². The lowest BCUT2D eigenvalue weighted by Crippen LogP contribution is -2.63. The van der Waals surface area contributed by atoms with E-state index in [1.54, 1.807) is 0 Å². The van der Waals surface area contributed by atoms with Gasteiger partial charge in [-0.3, -0.25) is 4.79 Å². The summed E-state index contributed by atoms with van der Waals surface area (Å²) in [6.45, 7) is 0. The van der Waals surface area contributed by atoms with Gasteiger partial charge in [0.25, 0.3) is 0 Å². The smallest absolute Gasteiger partial charge is 0.254 e. The second-order valence-corrected chi connectivity index (χ2v) is 5.65. The lowest BCUT2D eigenvalue weighted by molar-refractivity contribution is -0.428. The van der Waals surface area contributed by atoms with Crippen LogP contribution in [0.15, 0.2) is 0 Å². The molecule has 0 radical (unpaired) electrons. The van der Waals surface area contributed by atoms with Crippen molar-refractivity contribution >= 4 is 16.2 Å². The van der Waals surface area contributed by atoms with Crippen molar-refractivity contribution in [3.8, 4) is 0 Å². The van der Waals surface area contributed by atoms with Crippen LogP contribution in [0.1, 0.15) is 0 Å². The lowest BCUT2D eigenvalue weighted by Gasteiger charge is -2.33. The average molecular weight is 446 g/mol. The van der Waals surface area contributed by atoms with E-state index in [4.69, 9.17) is 0 Å². The Labute approximate surface area is 131 Å². The lowest BCUT2D eigenvalue weighted by atomic mass is 10.1. The molecule has 0 heterocycles. The Balaban J connectivity index is 6.21. The third-order valence-electron chi connectivity index (χ3n) is 2.26. The summed E-state index contributed by atoms with van der Waals surface area (Å²) >= 11 is 0. The molecule has 0 atom stereocenters. The quantitative estimate of drug-likeness (QED) is 0.342. The molecule has 19 heteroatoms. The Morgan fingerprint density at radius 3 is 1.31 bits per heavy atom. The van der Waals surface area contributed by atoms with E-state index in [0.29, 0.717) is 0 Å². The molecular formula is C7F14O4S. The first-order valence-corrected chi connectivity index (χ1v) is 6.42. The SMILES string of the molecule is O=C(F)C(F)(F)C(F)(F)S(=O)(=O)OC(F)(F)C(F)(F)C(F)(F)C(F)(F)F. The van der Waals surface area contributed by atoms with Crippen LogP contribution in [0.5, 0.6) is 0 Å². The average Bonchev–Trinajstić information content (AvgIpc) is 2.34. The molecule has 0 amide bonds. The van der Waals surface area contributed by atoms with Gasteiger partial charge in [-0.25, -0.2) is 0 Å². The van der Waals surface area contributed by atoms with E-state index in [2.05, 4.69) is 0 Å². The predicted octanol–water partition coefficient (Wildman–Crippen LogP) is 3.48. The minimum Gasteiger partial charge on any atom is -0.254 e. The molecule has 4 nitrogen and oxygen atoms in total. The molecule has 156 valence electrons. The van der Waals surface area contributed by atoms with Crippen LogP contribution in [-0.2, 0) is 19.1 Å². The first-order chi connectivity index (χ1) is 10.9. The van der Waals surface area contributed by atoms with Crippen molar-refractivity contribution in [3.05, 3.63) is 0 Å². The van der Waals surface area contributed by atoms with Gasteiger partial charge in [-0.05, 0) is 0 Å². The van der Waals surface area contributed by atoms with Gasteiger partial charge in [-0.15, -0.1) is 0 Å². The minimum absolute atomic E-state index is 1.43. The molecule has 0 aromatic rings. The fraction of sp³-hybridized carbons (Fsp3) is 0.857. The minimum atomic E-state index is -8.28. The number of hydrogen-bond acceptors (Lipinski definition) is 4. The van der Waals surface area contributed by atoms with Gasteiger partial charge in [0.1, 0.15) is 0 Å². The van der Waals surface area contributed by atoms with E-state index >= 15 is 0 Å². The highest BCUT2D eigenvalue weighted by molar-refractivity contribution is 7.88. The second-order valence-electron chi connectivity index (χ2n) is 4.07. The molecule has 0 spiro atoms. The topological polar surface area (TPSA) is 60.4 Å². The Bertz CT molecular complexity index is 661. The van der Waals surface area contributed by atoms with Crippen LogP contribution in [0.25, 0.3) is 0 Å². The summed E-state index contributed by atoms with van der Waals surface area (Å²) in [7, 11) is -8.28. The van der Waals surface area contributed by atoms with E-state index in [-0.39, 0.29) is 0 Å². The molecule has 0 rings (SSSR count). The van der Waals surface area contributed by atoms with E-state index in [0.717, 1.165) is 0 Å². The van der Waals surface area contributed by atoms with Gasteiger partial charge in [-0.1, -0.05) is 0 Å². The third-order valence-corrected chi connectivity index (χ3v) is 3.57. The summed E-state index contributed by atoms with van der Waals surface area (Å²) in [6, 6.07) is -4.52. The van der Waals surface area contributed by atoms with Gasteiger partial charge in [0.05, 0.1) is 0 Å². The van der Waals surface area contributed by atoms with Crippen molar-refractivity contribution in [1.29, 1.82) is 0 Å². The first kappa shape index (κ1) is 24.6. The maximum Gasteiger partial charge on any atom is 0.460 e. The summed E-state index contributed by atoms with van der Waals surface area (Å²) in [5.41, 5.74) is 0. The molecule has 0 aromatic heterocycles. The largest absolute Gasteiger partial charge is 0.460 e. The number of rotatable bonds is 7. The molecule has 0 aliphatic carbocycles. The highest BCUT2D eigenvalue weighted by Gasteiger charge is 2.85. The highest BCUT2D eigenvalue weighted by atomic mass is 32.2. The predicted molar refractivity (Wildman–Crippen MR) is 46.9 cm³/mol. The summed E-state index contributed by atoms with van der Waals surface area (Å²) in [5, 5.41) is -7.40. The van der Waals surface area contributed by atoms with Crippen LogP contribution in [0.2, 0.25) is 0 Å². The zero-order chi connectivity index (χ0) is 21.8. The summed E-state index contributed by atoms with van der Waals surface area (Å²) in [4.78, 5) is 9.59. The highest BCUT2D eigenvalue weighted by Crippen LogP contribution is 2.55. The van der Waals surface area contributed by atoms with Crippen LogP contribution in [0.4, 0.5) is 61.5 Å². The van der Waals surface area contributed by atoms with Gasteiger partial charge < -0.3 is 0 Å². The maximum absolute atomic E-state index is 12.8. The fourth-order valence-corrected chi connectivity index (χ4v) is 1.75. The van der Waals surface area contributed by atoms with Crippen LogP contribution in [0, 0.1) is 0 Å². The van der Waals surface area contributed by atoms with Crippen molar-refractivity contribution in [2.75, 3.05) is 0 Å². The van der Waals surface area contributed by atoms with Crippen molar-refractivity contribution in [3.63, 3.8) is 0 Å². The summed E-state index contributed by atoms with van der Waals surface area (Å²) < 4.78 is 195. The Morgan fingerprint density at radius 2 is 1.04 bits per heavy atom. The summed E-state index contributed by atoms with van der Waals surface area (Å²) in [6.07, 6.45) is -15.2. The maximum atomic E-state index is 12.8. The molecule has 0 saturated carbocycles. The number of alkyl halides is 13. The van der Waals surface area contributed by atoms with Gasteiger partial charge in [0.15, 0.2) is 0 Å². The van der Waals surface area contributed by atoms with Crippen molar-refractivity contribution in [2.45, 2.75) is 35.3 Å². The van der Waals surface area contributed by atoms with E-state index < -0.39 is 51.5 Å². The molecule has 0 aliphatic rings. The molecule has 0 bridgehead atoms. The molecule has 0 N–H and O–H groups in total. The Kier molecular flexibility index (Phi) is 5.73. The molecule has 0 saturated heterocycles. The number of carbonyl (C=O) groups excluding carboxylic acids is 1. The number of hydrogen-bond donors (Lipinski definition) is 0.